The minimum absolute atomic E-state index is 0.0108. The quantitative estimate of drug-likeness (QED) is 0.870. The van der Waals surface area contributed by atoms with Crippen LogP contribution >= 0.6 is 0 Å². The van der Waals surface area contributed by atoms with Crippen molar-refractivity contribution in [3.8, 4) is 0 Å². The third-order valence-corrected chi connectivity index (χ3v) is 4.33. The Balaban J connectivity index is 2.45. The summed E-state index contributed by atoms with van der Waals surface area (Å²) in [6, 6.07) is 1.26. The van der Waals surface area contributed by atoms with Gasteiger partial charge in [0.1, 0.15) is 6.10 Å². The molecule has 0 spiro atoms. The molecule has 2 rings (SSSR count). The summed E-state index contributed by atoms with van der Waals surface area (Å²) in [5.41, 5.74) is -1.24. The van der Waals surface area contributed by atoms with Crippen molar-refractivity contribution in [3.63, 3.8) is 0 Å². The van der Waals surface area contributed by atoms with Gasteiger partial charge in [0.2, 0.25) is 0 Å². The van der Waals surface area contributed by atoms with Gasteiger partial charge in [-0.05, 0) is 17.3 Å². The first-order valence-corrected chi connectivity index (χ1v) is 8.05. The maximum absolute atomic E-state index is 12.1. The molecule has 0 radical (unpaired) electrons. The second kappa shape index (κ2) is 5.91. The lowest BCUT2D eigenvalue weighted by atomic mass is 9.71. The van der Waals surface area contributed by atoms with E-state index in [0.717, 1.165) is 11.0 Å². The van der Waals surface area contributed by atoms with Crippen LogP contribution in [0.5, 0.6) is 0 Å². The molecule has 1 aromatic heterocycles. The Labute approximate surface area is 136 Å². The fourth-order valence-corrected chi connectivity index (χ4v) is 3.48. The number of H-pyrrole nitrogens is 1. The fourth-order valence-electron chi connectivity index (χ4n) is 3.48. The van der Waals surface area contributed by atoms with E-state index in [-0.39, 0.29) is 22.9 Å². The van der Waals surface area contributed by atoms with Gasteiger partial charge in [-0.15, -0.1) is 0 Å². The standard InChI is InChI=1S/C17H28N2O4/c1-16(2,3)9-10-12(17(4,5)6)13(21)14(23-10)19-11(20)7-8-18-15(19)22/h7-8,10,12-14,21H,9H2,1-6H3,(H,18,22)/t10-,12?,13-,14-/m1/s1. The number of aliphatic hydroxyl groups excluding tert-OH is 1. The van der Waals surface area contributed by atoms with E-state index in [4.69, 9.17) is 4.74 Å². The molecular formula is C17H28N2O4. The number of nitrogens with one attached hydrogen (secondary N) is 1. The number of aromatic amines is 1. The van der Waals surface area contributed by atoms with Crippen molar-refractivity contribution >= 4 is 0 Å². The zero-order chi connectivity index (χ0) is 17.6. The van der Waals surface area contributed by atoms with Crippen molar-refractivity contribution < 1.29 is 9.84 Å². The number of aromatic nitrogens is 2. The molecule has 1 unspecified atom stereocenters. The van der Waals surface area contributed by atoms with Gasteiger partial charge < -0.3 is 14.8 Å². The predicted molar refractivity (Wildman–Crippen MR) is 88.3 cm³/mol. The van der Waals surface area contributed by atoms with Crippen LogP contribution in [0.4, 0.5) is 0 Å². The van der Waals surface area contributed by atoms with Crippen molar-refractivity contribution in [1.29, 1.82) is 0 Å². The summed E-state index contributed by atoms with van der Waals surface area (Å²) in [5, 5.41) is 10.8. The van der Waals surface area contributed by atoms with Crippen molar-refractivity contribution in [2.75, 3.05) is 0 Å². The number of nitrogens with zero attached hydrogens (tertiary/aromatic N) is 1. The fraction of sp³-hybridized carbons (Fsp3) is 0.765. The van der Waals surface area contributed by atoms with Crippen LogP contribution in [0.1, 0.15) is 54.2 Å². The second-order valence-electron chi connectivity index (χ2n) is 8.70. The normalized spacial score (nSPS) is 29.0. The van der Waals surface area contributed by atoms with Gasteiger partial charge in [0, 0.05) is 18.2 Å². The van der Waals surface area contributed by atoms with E-state index >= 15 is 0 Å². The third kappa shape index (κ3) is 3.75. The predicted octanol–water partition coefficient (Wildman–Crippen LogP) is 1.89. The molecular weight excluding hydrogens is 296 g/mol. The van der Waals surface area contributed by atoms with Crippen LogP contribution in [0.25, 0.3) is 0 Å². The molecule has 1 fully saturated rings. The van der Waals surface area contributed by atoms with Crippen molar-refractivity contribution in [3.05, 3.63) is 33.1 Å². The van der Waals surface area contributed by atoms with E-state index in [9.17, 15) is 14.7 Å². The largest absolute Gasteiger partial charge is 0.388 e. The second-order valence-corrected chi connectivity index (χ2v) is 8.70. The lowest BCUT2D eigenvalue weighted by molar-refractivity contribution is -0.0512. The van der Waals surface area contributed by atoms with Gasteiger partial charge >= 0.3 is 5.69 Å². The molecule has 2 N–H and O–H groups in total. The highest BCUT2D eigenvalue weighted by Gasteiger charge is 2.51. The third-order valence-electron chi connectivity index (χ3n) is 4.33. The van der Waals surface area contributed by atoms with Gasteiger partial charge in [0.25, 0.3) is 5.56 Å². The Morgan fingerprint density at radius 2 is 1.83 bits per heavy atom. The molecule has 1 aromatic rings. The molecule has 1 saturated heterocycles. The smallest absolute Gasteiger partial charge is 0.330 e. The molecule has 2 heterocycles. The first-order valence-electron chi connectivity index (χ1n) is 8.05. The number of hydrogen-bond acceptors (Lipinski definition) is 4. The van der Waals surface area contributed by atoms with E-state index in [1.807, 2.05) is 20.8 Å². The molecule has 6 nitrogen and oxygen atoms in total. The first kappa shape index (κ1) is 17.9. The molecule has 0 amide bonds. The molecule has 1 aliphatic rings. The van der Waals surface area contributed by atoms with Gasteiger partial charge in [-0.25, -0.2) is 9.36 Å². The summed E-state index contributed by atoms with van der Waals surface area (Å²) < 4.78 is 7.01. The Morgan fingerprint density at radius 1 is 1.22 bits per heavy atom. The number of rotatable bonds is 2. The number of aliphatic hydroxyl groups is 1. The summed E-state index contributed by atoms with van der Waals surface area (Å²) in [6.07, 6.45) is -0.0488. The van der Waals surface area contributed by atoms with Crippen LogP contribution in [0.2, 0.25) is 0 Å². The topological polar surface area (TPSA) is 84.3 Å². The summed E-state index contributed by atoms with van der Waals surface area (Å²) in [4.78, 5) is 26.6. The Bertz CT molecular complexity index is 634. The van der Waals surface area contributed by atoms with Gasteiger partial charge in [-0.1, -0.05) is 41.5 Å². The van der Waals surface area contributed by atoms with Crippen molar-refractivity contribution in [2.24, 2.45) is 16.7 Å². The Kier molecular flexibility index (Phi) is 4.61. The molecule has 0 bridgehead atoms. The molecule has 0 aliphatic carbocycles. The highest BCUT2D eigenvalue weighted by atomic mass is 16.5. The highest BCUT2D eigenvalue weighted by molar-refractivity contribution is 4.98. The average Bonchev–Trinajstić information content (AvgIpc) is 2.63. The minimum Gasteiger partial charge on any atom is -0.388 e. The maximum Gasteiger partial charge on any atom is 0.330 e. The lowest BCUT2D eigenvalue weighted by Gasteiger charge is -2.35. The first-order chi connectivity index (χ1) is 10.4. The van der Waals surface area contributed by atoms with E-state index < -0.39 is 23.6 Å². The minimum atomic E-state index is -0.955. The monoisotopic (exact) mass is 324 g/mol. The molecule has 1 aliphatic heterocycles. The van der Waals surface area contributed by atoms with Gasteiger partial charge in [0.05, 0.1) is 6.10 Å². The highest BCUT2D eigenvalue weighted by Crippen LogP contribution is 2.46. The van der Waals surface area contributed by atoms with Gasteiger partial charge in [-0.3, -0.25) is 4.79 Å². The van der Waals surface area contributed by atoms with E-state index in [1.54, 1.807) is 0 Å². The Hall–Kier alpha value is -1.40. The van der Waals surface area contributed by atoms with E-state index in [0.29, 0.717) is 0 Å². The van der Waals surface area contributed by atoms with Crippen molar-refractivity contribution in [1.82, 2.24) is 9.55 Å². The van der Waals surface area contributed by atoms with Crippen LogP contribution in [-0.4, -0.2) is 26.9 Å². The van der Waals surface area contributed by atoms with Crippen LogP contribution in [0, 0.1) is 16.7 Å². The summed E-state index contributed by atoms with van der Waals surface area (Å²) in [7, 11) is 0. The molecule has 0 aromatic carbocycles. The van der Waals surface area contributed by atoms with Crippen LogP contribution in [0.3, 0.4) is 0 Å². The molecule has 6 heteroatoms. The molecule has 130 valence electrons. The van der Waals surface area contributed by atoms with Gasteiger partial charge in [0.15, 0.2) is 6.23 Å². The summed E-state index contributed by atoms with van der Waals surface area (Å²) >= 11 is 0. The molecule has 23 heavy (non-hydrogen) atoms. The summed E-state index contributed by atoms with van der Waals surface area (Å²) in [6.45, 7) is 12.5. The van der Waals surface area contributed by atoms with Crippen LogP contribution in [0.15, 0.2) is 21.9 Å². The zero-order valence-corrected chi connectivity index (χ0v) is 14.8. The molecule has 0 saturated carbocycles. The Morgan fingerprint density at radius 3 is 2.30 bits per heavy atom. The number of ether oxygens (including phenoxy) is 1. The van der Waals surface area contributed by atoms with E-state index in [2.05, 4.69) is 25.8 Å². The average molecular weight is 324 g/mol. The molecule has 4 atom stereocenters. The lowest BCUT2D eigenvalue weighted by Crippen LogP contribution is -2.43. The van der Waals surface area contributed by atoms with E-state index in [1.165, 1.54) is 12.3 Å². The summed E-state index contributed by atoms with van der Waals surface area (Å²) in [5.74, 6) is -0.168. The van der Waals surface area contributed by atoms with Crippen LogP contribution in [-0.2, 0) is 4.74 Å². The van der Waals surface area contributed by atoms with Crippen LogP contribution < -0.4 is 11.2 Å². The maximum atomic E-state index is 12.1. The van der Waals surface area contributed by atoms with Gasteiger partial charge in [-0.2, -0.15) is 0 Å². The van der Waals surface area contributed by atoms with Crippen molar-refractivity contribution in [2.45, 2.75) is 66.4 Å². The zero-order valence-electron chi connectivity index (χ0n) is 14.8. The SMILES string of the molecule is CC(C)(C)C[C@H]1O[C@@H](n2c(=O)cc[nH]c2=O)[C@H](O)C1C(C)(C)C. The number of hydrogen-bond donors (Lipinski definition) is 2.